The molecule has 0 saturated heterocycles. The minimum atomic E-state index is -0.117. The fourth-order valence-electron chi connectivity index (χ4n) is 7.31. The summed E-state index contributed by atoms with van der Waals surface area (Å²) >= 11 is 0. The normalized spacial score (nSPS) is 52.2. The maximum absolute atomic E-state index is 12.2. The van der Waals surface area contributed by atoms with Crippen LogP contribution < -0.4 is 0 Å². The van der Waals surface area contributed by atoms with E-state index in [1.165, 1.54) is 25.7 Å². The average Bonchev–Trinajstić information content (AvgIpc) is 2.85. The Balaban J connectivity index is 1.66. The molecule has 0 aromatic carbocycles. The van der Waals surface area contributed by atoms with Gasteiger partial charge in [-0.15, -0.1) is 0 Å². The first-order valence-corrected chi connectivity index (χ1v) is 9.74. The zero-order valence-electron chi connectivity index (χ0n) is 15.0. The number of hydrogen-bond acceptors (Lipinski definition) is 2. The number of aliphatic hydroxyl groups excluding tert-OH is 1. The van der Waals surface area contributed by atoms with Crippen molar-refractivity contribution in [2.75, 3.05) is 0 Å². The van der Waals surface area contributed by atoms with Crippen molar-refractivity contribution in [3.05, 3.63) is 11.6 Å². The zero-order valence-corrected chi connectivity index (χ0v) is 15.0. The molecular formula is C21H32O2. The molecule has 0 aromatic heterocycles. The van der Waals surface area contributed by atoms with E-state index in [-0.39, 0.29) is 11.5 Å². The summed E-state index contributed by atoms with van der Waals surface area (Å²) in [5.74, 6) is 3.00. The van der Waals surface area contributed by atoms with Gasteiger partial charge in [-0.05, 0) is 86.9 Å². The molecular weight excluding hydrogens is 284 g/mol. The Morgan fingerprint density at radius 3 is 2.65 bits per heavy atom. The van der Waals surface area contributed by atoms with Gasteiger partial charge in [-0.3, -0.25) is 4.79 Å². The van der Waals surface area contributed by atoms with Crippen molar-refractivity contribution in [3.8, 4) is 0 Å². The summed E-state index contributed by atoms with van der Waals surface area (Å²) in [7, 11) is 0. The van der Waals surface area contributed by atoms with Crippen LogP contribution >= 0.6 is 0 Å². The predicted molar refractivity (Wildman–Crippen MR) is 91.9 cm³/mol. The van der Waals surface area contributed by atoms with Crippen LogP contribution in [0.15, 0.2) is 11.6 Å². The molecule has 3 fully saturated rings. The topological polar surface area (TPSA) is 37.3 Å². The van der Waals surface area contributed by atoms with Gasteiger partial charge in [-0.2, -0.15) is 0 Å². The summed E-state index contributed by atoms with van der Waals surface area (Å²) in [5, 5.41) is 10.1. The molecule has 7 atom stereocenters. The molecule has 2 heteroatoms. The fourth-order valence-corrected chi connectivity index (χ4v) is 7.31. The minimum Gasteiger partial charge on any atom is -0.393 e. The third-order valence-electron chi connectivity index (χ3n) is 8.57. The first kappa shape index (κ1) is 15.9. The standard InChI is InChI=1S/C21H32O2/c1-13(22)17-6-7-18-16-5-4-14-12-15(23)8-10-20(14,2)19(16)9-11-21(17,18)3/h4,15-19,23H,5-12H2,1-3H3/t15-,16-,17+,18+,19-,20-,21+/m0/s1. The first-order chi connectivity index (χ1) is 10.9. The van der Waals surface area contributed by atoms with Gasteiger partial charge in [-0.1, -0.05) is 25.5 Å². The largest absolute Gasteiger partial charge is 0.393 e. The molecule has 0 amide bonds. The summed E-state index contributed by atoms with van der Waals surface area (Å²) in [5.41, 5.74) is 2.11. The van der Waals surface area contributed by atoms with Gasteiger partial charge in [-0.25, -0.2) is 0 Å². The lowest BCUT2D eigenvalue weighted by Gasteiger charge is -2.57. The lowest BCUT2D eigenvalue weighted by Crippen LogP contribution is -2.50. The minimum absolute atomic E-state index is 0.117. The highest BCUT2D eigenvalue weighted by Gasteiger charge is 2.59. The number of carbonyl (C=O) groups is 1. The van der Waals surface area contributed by atoms with E-state index >= 15 is 0 Å². The van der Waals surface area contributed by atoms with E-state index in [1.54, 1.807) is 5.57 Å². The van der Waals surface area contributed by atoms with E-state index in [0.29, 0.717) is 17.1 Å². The molecule has 0 spiro atoms. The Morgan fingerprint density at radius 2 is 1.91 bits per heavy atom. The second-order valence-corrected chi connectivity index (χ2v) is 9.44. The van der Waals surface area contributed by atoms with E-state index in [4.69, 9.17) is 0 Å². The molecule has 0 aromatic rings. The van der Waals surface area contributed by atoms with Crippen molar-refractivity contribution in [1.82, 2.24) is 0 Å². The lowest BCUT2D eigenvalue weighted by atomic mass is 9.47. The predicted octanol–water partition coefficient (Wildman–Crippen LogP) is 4.52. The number of Topliss-reactive ketones (excluding diaryl/α,β-unsaturated/α-hetero) is 1. The molecule has 1 N–H and O–H groups in total. The quantitative estimate of drug-likeness (QED) is 0.722. The molecule has 0 unspecified atom stereocenters. The molecule has 0 heterocycles. The summed E-state index contributed by atoms with van der Waals surface area (Å²) in [4.78, 5) is 12.2. The second-order valence-electron chi connectivity index (χ2n) is 9.44. The molecule has 128 valence electrons. The maximum Gasteiger partial charge on any atom is 0.133 e. The number of hydrogen-bond donors (Lipinski definition) is 1. The molecule has 2 nitrogen and oxygen atoms in total. The van der Waals surface area contributed by atoms with Crippen molar-refractivity contribution < 1.29 is 9.90 Å². The van der Waals surface area contributed by atoms with Crippen LogP contribution in [0.3, 0.4) is 0 Å². The van der Waals surface area contributed by atoms with Crippen molar-refractivity contribution in [2.24, 2.45) is 34.5 Å². The van der Waals surface area contributed by atoms with Gasteiger partial charge in [0.2, 0.25) is 0 Å². The van der Waals surface area contributed by atoms with Gasteiger partial charge in [0, 0.05) is 5.92 Å². The smallest absolute Gasteiger partial charge is 0.133 e. The van der Waals surface area contributed by atoms with Gasteiger partial charge < -0.3 is 5.11 Å². The molecule has 0 aliphatic heterocycles. The highest BCUT2D eigenvalue weighted by molar-refractivity contribution is 5.79. The lowest BCUT2D eigenvalue weighted by molar-refractivity contribution is -0.127. The van der Waals surface area contributed by atoms with Crippen LogP contribution in [-0.4, -0.2) is 17.0 Å². The van der Waals surface area contributed by atoms with Gasteiger partial charge >= 0.3 is 0 Å². The highest BCUT2D eigenvalue weighted by Crippen LogP contribution is 2.66. The number of rotatable bonds is 1. The van der Waals surface area contributed by atoms with Crippen molar-refractivity contribution >= 4 is 5.78 Å². The number of fused-ring (bicyclic) bond motifs is 5. The van der Waals surface area contributed by atoms with Crippen molar-refractivity contribution in [3.63, 3.8) is 0 Å². The number of allylic oxidation sites excluding steroid dienone is 1. The van der Waals surface area contributed by atoms with E-state index < -0.39 is 0 Å². The van der Waals surface area contributed by atoms with E-state index in [0.717, 1.165) is 43.4 Å². The van der Waals surface area contributed by atoms with Crippen molar-refractivity contribution in [2.45, 2.75) is 78.2 Å². The maximum atomic E-state index is 12.2. The van der Waals surface area contributed by atoms with Crippen LogP contribution in [0.2, 0.25) is 0 Å². The van der Waals surface area contributed by atoms with E-state index in [9.17, 15) is 9.90 Å². The Hall–Kier alpha value is -0.630. The first-order valence-electron chi connectivity index (χ1n) is 9.74. The molecule has 4 aliphatic rings. The SMILES string of the molecule is CC(=O)[C@H]1CC[C@@H]2[C@@H]3CC=C4C[C@@H](O)CC[C@]4(C)[C@H]3CC[C@]12C. The Labute approximate surface area is 140 Å². The zero-order chi connectivity index (χ0) is 16.4. The molecule has 4 rings (SSSR count). The highest BCUT2D eigenvalue weighted by atomic mass is 16.3. The Morgan fingerprint density at radius 1 is 1.13 bits per heavy atom. The van der Waals surface area contributed by atoms with Crippen LogP contribution in [0.25, 0.3) is 0 Å². The van der Waals surface area contributed by atoms with Crippen LogP contribution in [0, 0.1) is 34.5 Å². The van der Waals surface area contributed by atoms with Gasteiger partial charge in [0.15, 0.2) is 0 Å². The van der Waals surface area contributed by atoms with Crippen LogP contribution in [0.1, 0.15) is 72.1 Å². The second kappa shape index (κ2) is 5.18. The monoisotopic (exact) mass is 316 g/mol. The van der Waals surface area contributed by atoms with E-state index in [2.05, 4.69) is 19.9 Å². The summed E-state index contributed by atoms with van der Waals surface area (Å²) in [6.07, 6.45) is 11.5. The Kier molecular flexibility index (Phi) is 3.58. The molecule has 0 radical (unpaired) electrons. The van der Waals surface area contributed by atoms with Crippen LogP contribution in [0.5, 0.6) is 0 Å². The number of ketones is 1. The summed E-state index contributed by atoms with van der Waals surface area (Å²) in [6, 6.07) is 0. The fraction of sp³-hybridized carbons (Fsp3) is 0.857. The number of carbonyl (C=O) groups excluding carboxylic acids is 1. The van der Waals surface area contributed by atoms with Gasteiger partial charge in [0.1, 0.15) is 5.78 Å². The number of aliphatic hydroxyl groups is 1. The van der Waals surface area contributed by atoms with Crippen LogP contribution in [0.4, 0.5) is 0 Å². The van der Waals surface area contributed by atoms with E-state index in [1.807, 2.05) is 6.92 Å². The molecule has 4 aliphatic carbocycles. The third-order valence-corrected chi connectivity index (χ3v) is 8.57. The molecule has 23 heavy (non-hydrogen) atoms. The Bertz CT molecular complexity index is 550. The summed E-state index contributed by atoms with van der Waals surface area (Å²) in [6.45, 7) is 6.70. The third kappa shape index (κ3) is 2.13. The average molecular weight is 316 g/mol. The van der Waals surface area contributed by atoms with Gasteiger partial charge in [0.25, 0.3) is 0 Å². The van der Waals surface area contributed by atoms with Crippen LogP contribution in [-0.2, 0) is 4.79 Å². The molecule has 3 saturated carbocycles. The van der Waals surface area contributed by atoms with Gasteiger partial charge in [0.05, 0.1) is 6.10 Å². The molecule has 0 bridgehead atoms. The summed E-state index contributed by atoms with van der Waals surface area (Å²) < 4.78 is 0. The van der Waals surface area contributed by atoms with Crippen molar-refractivity contribution in [1.29, 1.82) is 0 Å².